The molecule has 0 saturated carbocycles. The van der Waals surface area contributed by atoms with Crippen LogP contribution in [0.3, 0.4) is 0 Å². The first kappa shape index (κ1) is 11.3. The van der Waals surface area contributed by atoms with Crippen LogP contribution in [0.2, 0.25) is 0 Å². The third-order valence-corrected chi connectivity index (χ3v) is 2.28. The van der Waals surface area contributed by atoms with Gasteiger partial charge in [-0.1, -0.05) is 0 Å². The lowest BCUT2D eigenvalue weighted by molar-refractivity contribution is -0.111. The van der Waals surface area contributed by atoms with Gasteiger partial charge < -0.3 is 10.4 Å². The van der Waals surface area contributed by atoms with Gasteiger partial charge in [0, 0.05) is 4.47 Å². The number of anilines is 1. The van der Waals surface area contributed by atoms with Crippen LogP contribution in [0, 0.1) is 12.3 Å². The summed E-state index contributed by atoms with van der Waals surface area (Å²) in [7, 11) is 0. The lowest BCUT2D eigenvalue weighted by Gasteiger charge is -2.05. The quantitative estimate of drug-likeness (QED) is 0.802. The van der Waals surface area contributed by atoms with E-state index in [2.05, 4.69) is 21.2 Å². The number of amides is 1. The molecule has 0 atom stereocenters. The minimum atomic E-state index is -1.07. The maximum Gasteiger partial charge on any atom is 0.335 e. The Balaban J connectivity index is 3.07. The summed E-state index contributed by atoms with van der Waals surface area (Å²) in [5.41, 5.74) is 0.406. The minimum Gasteiger partial charge on any atom is -0.478 e. The third kappa shape index (κ3) is 2.82. The molecule has 4 nitrogen and oxygen atoms in total. The summed E-state index contributed by atoms with van der Waals surface area (Å²) < 4.78 is 0.566. The van der Waals surface area contributed by atoms with Gasteiger partial charge in [0.2, 0.25) is 0 Å². The molecule has 1 amide bonds. The van der Waals surface area contributed by atoms with E-state index in [-0.39, 0.29) is 5.56 Å². The van der Waals surface area contributed by atoms with Gasteiger partial charge in [0.05, 0.1) is 11.3 Å². The van der Waals surface area contributed by atoms with Crippen molar-refractivity contribution in [1.29, 1.82) is 0 Å². The third-order valence-electron chi connectivity index (χ3n) is 1.59. The van der Waals surface area contributed by atoms with Crippen molar-refractivity contribution in [2.75, 3.05) is 5.32 Å². The molecule has 0 saturated heterocycles. The van der Waals surface area contributed by atoms with Gasteiger partial charge in [0.1, 0.15) is 0 Å². The molecule has 0 aliphatic rings. The molecule has 1 rings (SSSR count). The number of carbonyl (C=O) groups excluding carboxylic acids is 1. The predicted octanol–water partition coefficient (Wildman–Crippen LogP) is 1.72. The van der Waals surface area contributed by atoms with Crippen molar-refractivity contribution in [2.45, 2.75) is 0 Å². The summed E-state index contributed by atoms with van der Waals surface area (Å²) in [6.07, 6.45) is 4.87. The molecule has 15 heavy (non-hydrogen) atoms. The van der Waals surface area contributed by atoms with Crippen molar-refractivity contribution in [1.82, 2.24) is 0 Å². The van der Waals surface area contributed by atoms with Gasteiger partial charge in [-0.2, -0.15) is 0 Å². The molecule has 0 bridgehead atoms. The largest absolute Gasteiger partial charge is 0.478 e. The first-order valence-electron chi connectivity index (χ1n) is 3.85. The van der Waals surface area contributed by atoms with E-state index in [1.807, 2.05) is 5.92 Å². The Kier molecular flexibility index (Phi) is 3.47. The Morgan fingerprint density at radius 2 is 2.13 bits per heavy atom. The molecule has 2 N–H and O–H groups in total. The van der Waals surface area contributed by atoms with Gasteiger partial charge in [0.15, 0.2) is 0 Å². The topological polar surface area (TPSA) is 66.4 Å². The highest BCUT2D eigenvalue weighted by Gasteiger charge is 2.08. The molecule has 1 aromatic rings. The maximum atomic E-state index is 10.9. The van der Waals surface area contributed by atoms with Crippen LogP contribution >= 0.6 is 15.9 Å². The van der Waals surface area contributed by atoms with E-state index < -0.39 is 11.9 Å². The molecule has 0 radical (unpaired) electrons. The van der Waals surface area contributed by atoms with Crippen molar-refractivity contribution < 1.29 is 14.7 Å². The Morgan fingerprint density at radius 3 is 2.67 bits per heavy atom. The number of carboxylic acid groups (broad SMARTS) is 1. The Morgan fingerprint density at radius 1 is 1.47 bits per heavy atom. The van der Waals surface area contributed by atoms with E-state index >= 15 is 0 Å². The van der Waals surface area contributed by atoms with Gasteiger partial charge in [0.25, 0.3) is 5.91 Å². The summed E-state index contributed by atoms with van der Waals surface area (Å²) in [4.78, 5) is 21.6. The fourth-order valence-corrected chi connectivity index (χ4v) is 1.26. The first-order chi connectivity index (χ1) is 7.04. The minimum absolute atomic E-state index is 0.0746. The normalized spacial score (nSPS) is 9.07. The zero-order valence-electron chi connectivity index (χ0n) is 7.45. The zero-order valence-corrected chi connectivity index (χ0v) is 9.04. The van der Waals surface area contributed by atoms with Crippen LogP contribution < -0.4 is 5.32 Å². The number of terminal acetylenes is 1. The van der Waals surface area contributed by atoms with Crippen molar-refractivity contribution >= 4 is 33.5 Å². The molecule has 0 aromatic heterocycles. The maximum absolute atomic E-state index is 10.9. The lowest BCUT2D eigenvalue weighted by atomic mass is 10.2. The number of carbonyl (C=O) groups is 2. The number of hydrogen-bond acceptors (Lipinski definition) is 2. The second-order valence-electron chi connectivity index (χ2n) is 2.60. The molecular formula is C10H6BrNO3. The van der Waals surface area contributed by atoms with Crippen LogP contribution in [0.4, 0.5) is 5.69 Å². The summed E-state index contributed by atoms with van der Waals surface area (Å²) in [6.45, 7) is 0. The zero-order chi connectivity index (χ0) is 11.4. The fraction of sp³-hybridized carbons (Fsp3) is 0. The Bertz CT molecular complexity index is 462. The molecule has 76 valence electrons. The van der Waals surface area contributed by atoms with Gasteiger partial charge >= 0.3 is 5.97 Å². The predicted molar refractivity (Wildman–Crippen MR) is 58.6 cm³/mol. The highest BCUT2D eigenvalue weighted by Crippen LogP contribution is 2.23. The summed E-state index contributed by atoms with van der Waals surface area (Å²) in [5, 5.41) is 11.1. The molecule has 5 heteroatoms. The second-order valence-corrected chi connectivity index (χ2v) is 3.45. The molecule has 0 fully saturated rings. The summed E-state index contributed by atoms with van der Waals surface area (Å²) in [6, 6.07) is 4.26. The molecular weight excluding hydrogens is 262 g/mol. The summed E-state index contributed by atoms with van der Waals surface area (Å²) >= 11 is 3.16. The average Bonchev–Trinajstić information content (AvgIpc) is 2.20. The Labute approximate surface area is 94.4 Å². The smallest absolute Gasteiger partial charge is 0.335 e. The number of halogens is 1. The van der Waals surface area contributed by atoms with Crippen LogP contribution in [-0.4, -0.2) is 17.0 Å². The lowest BCUT2D eigenvalue weighted by Crippen LogP contribution is -2.09. The van der Waals surface area contributed by atoms with E-state index in [1.165, 1.54) is 18.2 Å². The molecule has 0 spiro atoms. The van der Waals surface area contributed by atoms with Crippen LogP contribution in [0.1, 0.15) is 10.4 Å². The van der Waals surface area contributed by atoms with Crippen LogP contribution in [0.25, 0.3) is 0 Å². The van der Waals surface area contributed by atoms with Crippen molar-refractivity contribution in [3.63, 3.8) is 0 Å². The van der Waals surface area contributed by atoms with Crippen LogP contribution in [0.15, 0.2) is 22.7 Å². The van der Waals surface area contributed by atoms with E-state index in [9.17, 15) is 9.59 Å². The van der Waals surface area contributed by atoms with Gasteiger partial charge in [-0.3, -0.25) is 4.79 Å². The number of hydrogen-bond donors (Lipinski definition) is 2. The highest BCUT2D eigenvalue weighted by atomic mass is 79.9. The highest BCUT2D eigenvalue weighted by molar-refractivity contribution is 9.10. The van der Waals surface area contributed by atoms with Gasteiger partial charge in [-0.05, 0) is 40.0 Å². The van der Waals surface area contributed by atoms with Gasteiger partial charge in [-0.25, -0.2) is 4.79 Å². The number of nitrogens with one attached hydrogen (secondary N) is 1. The van der Waals surface area contributed by atoms with Gasteiger partial charge in [-0.15, -0.1) is 6.42 Å². The molecule has 0 aliphatic heterocycles. The fourth-order valence-electron chi connectivity index (χ4n) is 0.912. The molecule has 1 aromatic carbocycles. The van der Waals surface area contributed by atoms with E-state index in [0.29, 0.717) is 10.2 Å². The average molecular weight is 268 g/mol. The standard InChI is InChI=1S/C10H6BrNO3/c1-2-9(13)12-8-5-6(10(14)15)3-4-7(8)11/h1,3-5H,(H,12,13)(H,14,15). The van der Waals surface area contributed by atoms with E-state index in [0.717, 1.165) is 0 Å². The van der Waals surface area contributed by atoms with Crippen molar-refractivity contribution in [3.8, 4) is 12.3 Å². The van der Waals surface area contributed by atoms with Crippen LogP contribution in [0.5, 0.6) is 0 Å². The second kappa shape index (κ2) is 4.62. The monoisotopic (exact) mass is 267 g/mol. The SMILES string of the molecule is C#CC(=O)Nc1cc(C(=O)O)ccc1Br. The van der Waals surface area contributed by atoms with E-state index in [4.69, 9.17) is 11.5 Å². The number of aromatic carboxylic acids is 1. The number of benzene rings is 1. The van der Waals surface area contributed by atoms with Crippen molar-refractivity contribution in [3.05, 3.63) is 28.2 Å². The van der Waals surface area contributed by atoms with E-state index in [1.54, 1.807) is 0 Å². The summed E-state index contributed by atoms with van der Waals surface area (Å²) in [5.74, 6) is 0.174. The van der Waals surface area contributed by atoms with Crippen LogP contribution in [-0.2, 0) is 4.79 Å². The molecule has 0 aliphatic carbocycles. The molecule has 0 heterocycles. The number of rotatable bonds is 2. The number of carboxylic acids is 1. The Hall–Kier alpha value is -1.80. The van der Waals surface area contributed by atoms with Crippen molar-refractivity contribution in [2.24, 2.45) is 0 Å². The molecule has 0 unspecified atom stereocenters. The first-order valence-corrected chi connectivity index (χ1v) is 4.64.